The average Bonchev–Trinajstić information content (AvgIpc) is 2.81. The molecular weight excluding hydrogens is 457 g/mol. The minimum Gasteiger partial charge on any atom is -0.451 e. The van der Waals surface area contributed by atoms with Gasteiger partial charge in [-0.05, 0) is 74.3 Å². The van der Waals surface area contributed by atoms with E-state index in [4.69, 9.17) is 0 Å². The van der Waals surface area contributed by atoms with Crippen molar-refractivity contribution in [2.24, 2.45) is 5.92 Å². The van der Waals surface area contributed by atoms with Crippen molar-refractivity contribution in [1.29, 1.82) is 0 Å². The van der Waals surface area contributed by atoms with Crippen LogP contribution in [0.2, 0.25) is 0 Å². The predicted molar refractivity (Wildman–Crippen MR) is 117 cm³/mol. The van der Waals surface area contributed by atoms with E-state index in [1.54, 1.807) is 17.0 Å². The Morgan fingerprint density at radius 1 is 1.09 bits per heavy atom. The van der Waals surface area contributed by atoms with Crippen molar-refractivity contribution in [3.05, 3.63) is 65.2 Å². The third-order valence-electron chi connectivity index (χ3n) is 5.77. The Bertz CT molecular complexity index is 937. The molecule has 0 aliphatic carbocycles. The summed E-state index contributed by atoms with van der Waals surface area (Å²) in [4.78, 5) is 16.9. The standard InChI is InChI=1S/C24H28F5N3O2/c1-31-10-8-17(9-11-31)15-32(14-16-2-5-19(25)6-3-16)24(33)30-13-18-4-7-21(20(26)12-18)34-23(29)22(27)28/h2-7,12,17,22-23H,8-11,13-15H2,1H3,(H,30,33). The second kappa shape index (κ2) is 12.0. The number of ether oxygens (including phenoxy) is 1. The first kappa shape index (κ1) is 25.7. The van der Waals surface area contributed by atoms with E-state index in [9.17, 15) is 26.7 Å². The molecule has 1 saturated heterocycles. The zero-order valence-corrected chi connectivity index (χ0v) is 18.8. The van der Waals surface area contributed by atoms with Crippen LogP contribution in [0.15, 0.2) is 42.5 Å². The molecule has 1 N–H and O–H groups in total. The summed E-state index contributed by atoms with van der Waals surface area (Å²) in [7, 11) is 2.05. The van der Waals surface area contributed by atoms with Crippen LogP contribution in [-0.4, -0.2) is 55.3 Å². The van der Waals surface area contributed by atoms with E-state index in [1.165, 1.54) is 18.2 Å². The number of carbonyl (C=O) groups is 1. The van der Waals surface area contributed by atoms with Crippen LogP contribution >= 0.6 is 0 Å². The largest absolute Gasteiger partial charge is 0.451 e. The van der Waals surface area contributed by atoms with E-state index >= 15 is 0 Å². The highest BCUT2D eigenvalue weighted by Gasteiger charge is 2.24. The molecule has 34 heavy (non-hydrogen) atoms. The van der Waals surface area contributed by atoms with Gasteiger partial charge in [-0.3, -0.25) is 0 Å². The quantitative estimate of drug-likeness (QED) is 0.511. The van der Waals surface area contributed by atoms with E-state index in [0.717, 1.165) is 43.6 Å². The number of alkyl halides is 3. The molecule has 1 atom stereocenters. The summed E-state index contributed by atoms with van der Waals surface area (Å²) in [5.41, 5.74) is 1.13. The Kier molecular flexibility index (Phi) is 9.09. The van der Waals surface area contributed by atoms with Crippen LogP contribution in [0, 0.1) is 17.6 Å². The summed E-state index contributed by atoms with van der Waals surface area (Å²) in [6.07, 6.45) is -4.43. The van der Waals surface area contributed by atoms with E-state index in [2.05, 4.69) is 22.0 Å². The second-order valence-electron chi connectivity index (χ2n) is 8.48. The van der Waals surface area contributed by atoms with Gasteiger partial charge in [0.1, 0.15) is 5.82 Å². The number of carbonyl (C=O) groups excluding carboxylic acids is 1. The molecule has 0 spiro atoms. The van der Waals surface area contributed by atoms with E-state index < -0.39 is 24.3 Å². The number of urea groups is 1. The fraction of sp³-hybridized carbons (Fsp3) is 0.458. The third kappa shape index (κ3) is 7.58. The number of hydrogen-bond donors (Lipinski definition) is 1. The van der Waals surface area contributed by atoms with Crippen LogP contribution < -0.4 is 10.1 Å². The lowest BCUT2D eigenvalue weighted by Gasteiger charge is -2.33. The van der Waals surface area contributed by atoms with Crippen LogP contribution in [-0.2, 0) is 13.1 Å². The maximum Gasteiger partial charge on any atom is 0.317 e. The maximum atomic E-state index is 14.1. The fourth-order valence-electron chi connectivity index (χ4n) is 3.80. The van der Waals surface area contributed by atoms with Crippen molar-refractivity contribution in [2.75, 3.05) is 26.7 Å². The monoisotopic (exact) mass is 485 g/mol. The Morgan fingerprint density at radius 2 is 1.74 bits per heavy atom. The molecule has 0 bridgehead atoms. The van der Waals surface area contributed by atoms with Gasteiger partial charge in [0.05, 0.1) is 0 Å². The van der Waals surface area contributed by atoms with Gasteiger partial charge in [0.25, 0.3) is 6.36 Å². The average molecular weight is 485 g/mol. The highest BCUT2D eigenvalue weighted by Crippen LogP contribution is 2.22. The van der Waals surface area contributed by atoms with E-state index in [0.29, 0.717) is 18.0 Å². The van der Waals surface area contributed by atoms with Crippen molar-refractivity contribution in [3.63, 3.8) is 0 Å². The summed E-state index contributed by atoms with van der Waals surface area (Å²) in [5.74, 6) is -1.69. The zero-order chi connectivity index (χ0) is 24.7. The van der Waals surface area contributed by atoms with E-state index in [-0.39, 0.29) is 24.9 Å². The molecule has 0 radical (unpaired) electrons. The SMILES string of the molecule is CN1CCC(CN(Cc2ccc(F)cc2)C(=O)NCc2ccc(OC(F)C(F)F)c(F)c2)CC1. The number of benzene rings is 2. The van der Waals surface area contributed by atoms with Crippen LogP contribution in [0.1, 0.15) is 24.0 Å². The summed E-state index contributed by atoms with van der Waals surface area (Å²) < 4.78 is 69.3. The van der Waals surface area contributed by atoms with Crippen LogP contribution in [0.5, 0.6) is 5.75 Å². The number of hydrogen-bond acceptors (Lipinski definition) is 3. The van der Waals surface area contributed by atoms with Gasteiger partial charge in [-0.2, -0.15) is 4.39 Å². The van der Waals surface area contributed by atoms with Crippen molar-refractivity contribution in [2.45, 2.75) is 38.7 Å². The highest BCUT2D eigenvalue weighted by molar-refractivity contribution is 5.74. The molecular formula is C24H28F5N3O2. The van der Waals surface area contributed by atoms with Crippen molar-refractivity contribution >= 4 is 6.03 Å². The minimum atomic E-state index is -3.39. The van der Waals surface area contributed by atoms with Gasteiger partial charge in [0, 0.05) is 19.6 Å². The molecule has 1 heterocycles. The highest BCUT2D eigenvalue weighted by atomic mass is 19.3. The van der Waals surface area contributed by atoms with Crippen LogP contribution in [0.4, 0.5) is 26.7 Å². The lowest BCUT2D eigenvalue weighted by molar-refractivity contribution is -0.0684. The number of amides is 2. The fourth-order valence-corrected chi connectivity index (χ4v) is 3.80. The summed E-state index contributed by atoms with van der Waals surface area (Å²) in [5, 5.41) is 2.74. The van der Waals surface area contributed by atoms with E-state index in [1.807, 2.05) is 0 Å². The molecule has 3 rings (SSSR count). The van der Waals surface area contributed by atoms with Crippen LogP contribution in [0.25, 0.3) is 0 Å². The topological polar surface area (TPSA) is 44.8 Å². The Labute approximate surface area is 195 Å². The maximum absolute atomic E-state index is 14.1. The molecule has 10 heteroatoms. The minimum absolute atomic E-state index is 0.0305. The Morgan fingerprint density at radius 3 is 2.35 bits per heavy atom. The van der Waals surface area contributed by atoms with Crippen molar-refractivity contribution in [1.82, 2.24) is 15.1 Å². The molecule has 186 valence electrons. The number of nitrogens with zero attached hydrogens (tertiary/aromatic N) is 2. The first-order valence-electron chi connectivity index (χ1n) is 11.0. The summed E-state index contributed by atoms with van der Waals surface area (Å²) in [6.45, 7) is 2.65. The lowest BCUT2D eigenvalue weighted by atomic mass is 9.96. The number of nitrogens with one attached hydrogen (secondary N) is 1. The van der Waals surface area contributed by atoms with Crippen molar-refractivity contribution < 1.29 is 31.5 Å². The van der Waals surface area contributed by atoms with Gasteiger partial charge in [-0.25, -0.2) is 22.4 Å². The number of halogens is 5. The van der Waals surface area contributed by atoms with Gasteiger partial charge in [0.2, 0.25) is 0 Å². The molecule has 0 aromatic heterocycles. The summed E-state index contributed by atoms with van der Waals surface area (Å²) in [6, 6.07) is 8.94. The second-order valence-corrected chi connectivity index (χ2v) is 8.48. The molecule has 2 amide bonds. The lowest BCUT2D eigenvalue weighted by Crippen LogP contribution is -2.44. The molecule has 1 aliphatic heterocycles. The molecule has 1 unspecified atom stereocenters. The first-order valence-corrected chi connectivity index (χ1v) is 11.0. The third-order valence-corrected chi connectivity index (χ3v) is 5.77. The zero-order valence-electron chi connectivity index (χ0n) is 18.8. The Hall–Kier alpha value is -2.88. The van der Waals surface area contributed by atoms with Gasteiger partial charge in [0.15, 0.2) is 11.6 Å². The molecule has 2 aromatic carbocycles. The molecule has 1 aliphatic rings. The molecule has 2 aromatic rings. The first-order chi connectivity index (χ1) is 16.2. The summed E-state index contributed by atoms with van der Waals surface area (Å²) >= 11 is 0. The smallest absolute Gasteiger partial charge is 0.317 e. The van der Waals surface area contributed by atoms with Gasteiger partial charge in [-0.15, -0.1) is 0 Å². The molecule has 5 nitrogen and oxygen atoms in total. The van der Waals surface area contributed by atoms with Crippen molar-refractivity contribution in [3.8, 4) is 5.75 Å². The van der Waals surface area contributed by atoms with Gasteiger partial charge >= 0.3 is 12.5 Å². The number of rotatable bonds is 9. The van der Waals surface area contributed by atoms with Gasteiger partial charge in [-0.1, -0.05) is 18.2 Å². The normalized spacial score (nSPS) is 15.9. The number of likely N-dealkylation sites (tertiary alicyclic amines) is 1. The predicted octanol–water partition coefficient (Wildman–Crippen LogP) is 4.96. The van der Waals surface area contributed by atoms with Gasteiger partial charge < -0.3 is 19.9 Å². The Balaban J connectivity index is 1.63. The molecule has 0 saturated carbocycles. The van der Waals surface area contributed by atoms with Crippen LogP contribution in [0.3, 0.4) is 0 Å². The molecule has 1 fully saturated rings. The number of piperidine rings is 1.